The molecule has 0 atom stereocenters. The third-order valence-corrected chi connectivity index (χ3v) is 2.50. The van der Waals surface area contributed by atoms with Gasteiger partial charge in [0.1, 0.15) is 0 Å². The predicted molar refractivity (Wildman–Crippen MR) is 80.5 cm³/mol. The lowest BCUT2D eigenvalue weighted by Crippen LogP contribution is -2.15. The van der Waals surface area contributed by atoms with Crippen molar-refractivity contribution in [1.29, 1.82) is 0 Å². The van der Waals surface area contributed by atoms with E-state index in [2.05, 4.69) is 30.6 Å². The van der Waals surface area contributed by atoms with E-state index >= 15 is 0 Å². The normalized spacial score (nSPS) is 10.7. The topological polar surface area (TPSA) is 89.8 Å². The monoisotopic (exact) mass is 291 g/mol. The maximum absolute atomic E-state index is 5.54. The van der Waals surface area contributed by atoms with Crippen LogP contribution < -0.4 is 15.4 Å². The first-order valence-corrected chi connectivity index (χ1v) is 7.03. The van der Waals surface area contributed by atoms with Gasteiger partial charge in [-0.25, -0.2) is 4.98 Å². The van der Waals surface area contributed by atoms with Crippen molar-refractivity contribution >= 4 is 11.9 Å². The quantitative estimate of drug-likeness (QED) is 0.759. The van der Waals surface area contributed by atoms with Crippen molar-refractivity contribution in [2.75, 3.05) is 23.7 Å². The predicted octanol–water partition coefficient (Wildman–Crippen LogP) is 1.40. The Balaban J connectivity index is 2.00. The fraction of sp³-hybridized carbons (Fsp3) is 0.538. The molecule has 2 aromatic heterocycles. The second kappa shape index (κ2) is 7.41. The molecule has 8 nitrogen and oxygen atoms in total. The Morgan fingerprint density at radius 3 is 2.57 bits per heavy atom. The third-order valence-electron chi connectivity index (χ3n) is 2.50. The Hall–Kier alpha value is -2.38. The number of anilines is 2. The Morgan fingerprint density at radius 1 is 1.19 bits per heavy atom. The molecule has 0 aliphatic carbocycles. The molecule has 0 aromatic carbocycles. The lowest BCUT2D eigenvalue weighted by atomic mass is 10.5. The minimum absolute atomic E-state index is 0.0145. The number of nitrogens with one attached hydrogen (secondary N) is 2. The molecular formula is C13H21N7O. The largest absolute Gasteiger partial charge is 0.461 e. The number of hydrogen-bond donors (Lipinski definition) is 2. The van der Waals surface area contributed by atoms with Crippen molar-refractivity contribution in [1.82, 2.24) is 24.5 Å². The summed E-state index contributed by atoms with van der Waals surface area (Å²) < 4.78 is 7.51. The molecule has 0 saturated carbocycles. The molecule has 0 amide bonds. The molecule has 2 aromatic rings. The van der Waals surface area contributed by atoms with Gasteiger partial charge < -0.3 is 19.9 Å². The Morgan fingerprint density at radius 2 is 1.95 bits per heavy atom. The van der Waals surface area contributed by atoms with Crippen molar-refractivity contribution in [3.05, 3.63) is 18.7 Å². The summed E-state index contributed by atoms with van der Waals surface area (Å²) in [7, 11) is 0. The summed E-state index contributed by atoms with van der Waals surface area (Å²) in [6.07, 6.45) is 5.44. The van der Waals surface area contributed by atoms with Gasteiger partial charge in [-0.15, -0.1) is 0 Å². The van der Waals surface area contributed by atoms with Gasteiger partial charge in [-0.3, -0.25) is 0 Å². The van der Waals surface area contributed by atoms with Crippen LogP contribution in [0.5, 0.6) is 6.01 Å². The molecular weight excluding hydrogens is 270 g/mol. The number of hydrogen-bond acceptors (Lipinski definition) is 7. The fourth-order valence-electron chi connectivity index (χ4n) is 1.65. The highest BCUT2D eigenvalue weighted by Gasteiger charge is 2.08. The highest BCUT2D eigenvalue weighted by Crippen LogP contribution is 2.12. The smallest absolute Gasteiger partial charge is 0.323 e. The van der Waals surface area contributed by atoms with Crippen LogP contribution in [-0.2, 0) is 6.54 Å². The van der Waals surface area contributed by atoms with E-state index in [-0.39, 0.29) is 6.10 Å². The molecule has 0 bridgehead atoms. The second-order valence-corrected chi connectivity index (χ2v) is 4.69. The summed E-state index contributed by atoms with van der Waals surface area (Å²) >= 11 is 0. The van der Waals surface area contributed by atoms with Crippen LogP contribution in [-0.4, -0.2) is 43.7 Å². The van der Waals surface area contributed by atoms with E-state index in [1.165, 1.54) is 0 Å². The summed E-state index contributed by atoms with van der Waals surface area (Å²) in [5, 5.41) is 6.23. The zero-order valence-corrected chi connectivity index (χ0v) is 12.6. The highest BCUT2D eigenvalue weighted by molar-refractivity contribution is 5.35. The van der Waals surface area contributed by atoms with Crippen molar-refractivity contribution < 1.29 is 4.74 Å². The maximum atomic E-state index is 5.54. The molecule has 21 heavy (non-hydrogen) atoms. The molecule has 0 saturated heterocycles. The third kappa shape index (κ3) is 4.90. The van der Waals surface area contributed by atoms with E-state index in [4.69, 9.17) is 4.74 Å². The summed E-state index contributed by atoms with van der Waals surface area (Å²) in [5.41, 5.74) is 0. The zero-order valence-electron chi connectivity index (χ0n) is 12.6. The standard InChI is InChI=1S/C13H21N7O/c1-4-15-11-17-12(19-13(18-11)21-10(2)3)16-6-8-20-7-5-14-9-20/h5,7,9-10H,4,6,8H2,1-3H3,(H2,15,16,17,18,19). The van der Waals surface area contributed by atoms with Crippen LogP contribution in [0.15, 0.2) is 18.7 Å². The molecule has 0 aliphatic rings. The van der Waals surface area contributed by atoms with Gasteiger partial charge >= 0.3 is 6.01 Å². The average Bonchev–Trinajstić information content (AvgIpc) is 2.91. The van der Waals surface area contributed by atoms with Crippen molar-refractivity contribution in [2.24, 2.45) is 0 Å². The van der Waals surface area contributed by atoms with Crippen LogP contribution in [0.2, 0.25) is 0 Å². The van der Waals surface area contributed by atoms with Gasteiger partial charge in [-0.05, 0) is 20.8 Å². The molecule has 2 heterocycles. The van der Waals surface area contributed by atoms with Crippen molar-refractivity contribution in [3.63, 3.8) is 0 Å². The van der Waals surface area contributed by atoms with E-state index in [0.29, 0.717) is 24.5 Å². The SMILES string of the molecule is CCNc1nc(NCCn2ccnc2)nc(OC(C)C)n1. The number of rotatable bonds is 8. The number of imidazole rings is 1. The maximum Gasteiger partial charge on any atom is 0.323 e. The van der Waals surface area contributed by atoms with Gasteiger partial charge in [0, 0.05) is 32.0 Å². The van der Waals surface area contributed by atoms with E-state index in [0.717, 1.165) is 13.1 Å². The molecule has 2 N–H and O–H groups in total. The number of nitrogens with zero attached hydrogens (tertiary/aromatic N) is 5. The molecule has 0 unspecified atom stereocenters. The minimum atomic E-state index is 0.0145. The fourth-order valence-corrected chi connectivity index (χ4v) is 1.65. The Bertz CT molecular complexity index is 541. The number of ether oxygens (including phenoxy) is 1. The summed E-state index contributed by atoms with van der Waals surface area (Å²) in [5.74, 6) is 1.00. The highest BCUT2D eigenvalue weighted by atomic mass is 16.5. The van der Waals surface area contributed by atoms with Crippen molar-refractivity contribution in [3.8, 4) is 6.01 Å². The van der Waals surface area contributed by atoms with Gasteiger partial charge in [0.25, 0.3) is 0 Å². The number of aromatic nitrogens is 5. The van der Waals surface area contributed by atoms with Crippen molar-refractivity contribution in [2.45, 2.75) is 33.4 Å². The lowest BCUT2D eigenvalue weighted by molar-refractivity contribution is 0.222. The lowest BCUT2D eigenvalue weighted by Gasteiger charge is -2.11. The van der Waals surface area contributed by atoms with Crippen LogP contribution in [0.1, 0.15) is 20.8 Å². The van der Waals surface area contributed by atoms with Gasteiger partial charge in [-0.1, -0.05) is 0 Å². The van der Waals surface area contributed by atoms with Gasteiger partial charge in [-0.2, -0.15) is 15.0 Å². The summed E-state index contributed by atoms with van der Waals surface area (Å²) in [6, 6.07) is 0.320. The van der Waals surface area contributed by atoms with Gasteiger partial charge in [0.2, 0.25) is 11.9 Å². The van der Waals surface area contributed by atoms with Crippen LogP contribution in [0, 0.1) is 0 Å². The Labute approximate surface area is 124 Å². The molecule has 0 radical (unpaired) electrons. The summed E-state index contributed by atoms with van der Waals surface area (Å²) in [4.78, 5) is 16.8. The molecule has 0 spiro atoms. The minimum Gasteiger partial charge on any atom is -0.461 e. The van der Waals surface area contributed by atoms with Gasteiger partial charge in [0.15, 0.2) is 0 Å². The molecule has 114 valence electrons. The Kier molecular flexibility index (Phi) is 5.30. The molecule has 2 rings (SSSR count). The second-order valence-electron chi connectivity index (χ2n) is 4.69. The van der Waals surface area contributed by atoms with Crippen LogP contribution in [0.4, 0.5) is 11.9 Å². The van der Waals surface area contributed by atoms with E-state index in [9.17, 15) is 0 Å². The van der Waals surface area contributed by atoms with Crippen LogP contribution in [0.25, 0.3) is 0 Å². The van der Waals surface area contributed by atoms with E-state index in [1.54, 1.807) is 12.5 Å². The molecule has 0 fully saturated rings. The average molecular weight is 291 g/mol. The first-order chi connectivity index (χ1) is 10.2. The van der Waals surface area contributed by atoms with Crippen LogP contribution in [0.3, 0.4) is 0 Å². The van der Waals surface area contributed by atoms with Gasteiger partial charge in [0.05, 0.1) is 12.4 Å². The molecule has 0 aliphatic heterocycles. The zero-order chi connectivity index (χ0) is 15.1. The van der Waals surface area contributed by atoms with E-state index < -0.39 is 0 Å². The van der Waals surface area contributed by atoms with Crippen LogP contribution >= 0.6 is 0 Å². The first-order valence-electron chi connectivity index (χ1n) is 7.03. The van der Waals surface area contributed by atoms with E-state index in [1.807, 2.05) is 31.5 Å². The first kappa shape index (κ1) is 15.0. The summed E-state index contributed by atoms with van der Waals surface area (Å²) in [6.45, 7) is 8.06. The molecule has 8 heteroatoms.